The van der Waals surface area contributed by atoms with Crippen LogP contribution in [0.15, 0.2) is 0 Å². The zero-order chi connectivity index (χ0) is 55.5. The predicted molar refractivity (Wildman–Crippen MR) is 276 cm³/mol. The lowest BCUT2D eigenvalue weighted by Crippen LogP contribution is -2.61. The van der Waals surface area contributed by atoms with Crippen molar-refractivity contribution in [3.63, 3.8) is 0 Å². The van der Waals surface area contributed by atoms with Gasteiger partial charge in [-0.1, -0.05) is 122 Å². The Morgan fingerprint density at radius 3 is 1.33 bits per heavy atom. The van der Waals surface area contributed by atoms with Crippen LogP contribution in [0.25, 0.3) is 0 Å². The molecule has 7 N–H and O–H groups in total. The Balaban J connectivity index is 4.00. The molecule has 0 saturated carbocycles. The molecule has 1 fully saturated rings. The van der Waals surface area contributed by atoms with E-state index in [0.29, 0.717) is 12.3 Å². The molecular weight excluding hydrogens is 943 g/mol. The van der Waals surface area contributed by atoms with E-state index in [0.717, 1.165) is 45.6 Å². The van der Waals surface area contributed by atoms with Crippen LogP contribution in [0.5, 0.6) is 0 Å². The minimum absolute atomic E-state index is 0.0764. The van der Waals surface area contributed by atoms with Crippen LogP contribution in [0, 0.1) is 35.5 Å². The van der Waals surface area contributed by atoms with Gasteiger partial charge < -0.3 is 51.4 Å². The second-order valence-electron chi connectivity index (χ2n) is 22.0. The Morgan fingerprint density at radius 1 is 0.466 bits per heavy atom. The Bertz CT molecular complexity index is 1800. The van der Waals surface area contributed by atoms with Gasteiger partial charge >= 0.3 is 17.9 Å². The first kappa shape index (κ1) is 65.7. The third-order valence-corrected chi connectivity index (χ3v) is 12.5. The maximum Gasteiger partial charge on any atom is 0.329 e. The summed E-state index contributed by atoms with van der Waals surface area (Å²) < 4.78 is 15.7. The third-order valence-electron chi connectivity index (χ3n) is 12.5. The summed E-state index contributed by atoms with van der Waals surface area (Å²) >= 11 is 0. The fourth-order valence-corrected chi connectivity index (χ4v) is 8.35. The number of nitrogens with one attached hydrogen (secondary N) is 7. The van der Waals surface area contributed by atoms with Crippen LogP contribution in [-0.2, 0) is 62.2 Å². The number of hydrogen-bond acceptors (Lipinski definition) is 13. The maximum absolute atomic E-state index is 14.2. The van der Waals surface area contributed by atoms with E-state index >= 15 is 0 Å². The molecule has 0 aromatic carbocycles. The van der Waals surface area contributed by atoms with Crippen molar-refractivity contribution in [1.82, 2.24) is 37.2 Å². The standard InChI is InChI=1S/C53H93N7O13/c1-30(2)21-19-17-15-16-18-20-22-36-28-42(61)54-37(23-24-43(62)71-13)47(64)55-38(25-31(3)4)48(65)56-39(26-32(5)6)50(67)59-45(34(9)10)52(69)58-41(29-44(63)72-14)49(66)57-40(27-33(7)8)51(68)60-46(35(11)12)53(70)73-36/h30-41,45-46H,15-29H2,1-14H3,(H,54,61)(H,55,64)(H,56,65)(H,57,66)(H,58,69)(H,59,67)(H,60,68)/t36?,37-,38+,39?,40-,41+,45+,46+/m1/s1. The molecule has 20 nitrogen and oxygen atoms in total. The highest BCUT2D eigenvalue weighted by Crippen LogP contribution is 2.19. The van der Waals surface area contributed by atoms with E-state index in [1.165, 1.54) is 7.11 Å². The molecule has 0 aromatic rings. The van der Waals surface area contributed by atoms with Crippen molar-refractivity contribution < 1.29 is 62.2 Å². The molecule has 0 aromatic heterocycles. The topological polar surface area (TPSA) is 283 Å². The first-order valence-corrected chi connectivity index (χ1v) is 26.6. The van der Waals surface area contributed by atoms with E-state index in [1.807, 2.05) is 41.5 Å². The summed E-state index contributed by atoms with van der Waals surface area (Å²) in [7, 11) is 2.30. The van der Waals surface area contributed by atoms with E-state index in [-0.39, 0.29) is 62.7 Å². The van der Waals surface area contributed by atoms with Gasteiger partial charge in [-0.25, -0.2) is 4.79 Å². The second-order valence-corrected chi connectivity index (χ2v) is 22.0. The van der Waals surface area contributed by atoms with Gasteiger partial charge in [0, 0.05) is 6.42 Å². The minimum Gasteiger partial charge on any atom is -0.469 e. The number of methoxy groups -OCH3 is 2. The molecule has 1 heterocycles. The van der Waals surface area contributed by atoms with Crippen LogP contribution in [-0.4, -0.2) is 122 Å². The van der Waals surface area contributed by atoms with Crippen LogP contribution in [0.3, 0.4) is 0 Å². The van der Waals surface area contributed by atoms with Crippen molar-refractivity contribution in [3.8, 4) is 0 Å². The molecule has 1 saturated heterocycles. The van der Waals surface area contributed by atoms with Gasteiger partial charge in [0.1, 0.15) is 48.4 Å². The molecular formula is C53H93N7O13. The summed E-state index contributed by atoms with van der Waals surface area (Å²) in [5.74, 6) is -8.82. The SMILES string of the molecule is COC(=O)CC[C@H]1NC(=O)CC(CCCCCCCCC(C)C)OC(=O)[C@H](C(C)C)NC(=O)[C@@H](CC(C)C)NC(=O)[C@H](CC(=O)OC)NC(=O)[C@H](C(C)C)NC(=O)C(CC(C)C)NC(=O)[C@H](CC(C)C)NC1=O. The van der Waals surface area contributed by atoms with E-state index in [4.69, 9.17) is 14.2 Å². The molecule has 0 radical (unpaired) electrons. The Kier molecular flexibility index (Phi) is 30.8. The quantitative estimate of drug-likeness (QED) is 0.0449. The summed E-state index contributed by atoms with van der Waals surface area (Å²) in [5, 5.41) is 18.8. The predicted octanol–water partition coefficient (Wildman–Crippen LogP) is 4.44. The first-order chi connectivity index (χ1) is 34.2. The lowest BCUT2D eigenvalue weighted by molar-refractivity contribution is -0.156. The van der Waals surface area contributed by atoms with Crippen molar-refractivity contribution in [1.29, 1.82) is 0 Å². The average molecular weight is 1040 g/mol. The average Bonchev–Trinajstić information content (AvgIpc) is 3.29. The molecule has 418 valence electrons. The van der Waals surface area contributed by atoms with Crippen molar-refractivity contribution >= 4 is 59.3 Å². The molecule has 73 heavy (non-hydrogen) atoms. The normalized spacial score (nSPS) is 23.9. The fraction of sp³-hybridized carbons (Fsp3) is 0.811. The number of carbonyl (C=O) groups excluding carboxylic acids is 10. The zero-order valence-corrected chi connectivity index (χ0v) is 46.5. The van der Waals surface area contributed by atoms with Gasteiger partial charge in [-0.15, -0.1) is 0 Å². The highest BCUT2D eigenvalue weighted by Gasteiger charge is 2.38. The van der Waals surface area contributed by atoms with Crippen LogP contribution in [0.4, 0.5) is 0 Å². The summed E-state index contributed by atoms with van der Waals surface area (Å²) in [5.41, 5.74) is 0. The lowest BCUT2D eigenvalue weighted by Gasteiger charge is -2.30. The number of unbranched alkanes of at least 4 members (excludes halogenated alkanes) is 5. The Labute approximate surface area is 435 Å². The van der Waals surface area contributed by atoms with E-state index in [1.54, 1.807) is 27.7 Å². The van der Waals surface area contributed by atoms with Crippen molar-refractivity contribution in [2.45, 2.75) is 228 Å². The molecule has 0 aliphatic carbocycles. The highest BCUT2D eigenvalue weighted by molar-refractivity contribution is 5.98. The molecule has 1 aliphatic heterocycles. The Hall–Kier alpha value is -5.30. The number of carbonyl (C=O) groups is 10. The zero-order valence-electron chi connectivity index (χ0n) is 46.5. The molecule has 0 bridgehead atoms. The summed E-state index contributed by atoms with van der Waals surface area (Å²) in [6, 6.07) is -9.23. The molecule has 0 spiro atoms. The molecule has 8 atom stereocenters. The first-order valence-electron chi connectivity index (χ1n) is 26.6. The van der Waals surface area contributed by atoms with Crippen LogP contribution in [0.2, 0.25) is 0 Å². The third kappa shape index (κ3) is 26.5. The van der Waals surface area contributed by atoms with Gasteiger partial charge in [-0.05, 0) is 74.0 Å². The van der Waals surface area contributed by atoms with Crippen LogP contribution in [0.1, 0.15) is 179 Å². The monoisotopic (exact) mass is 1040 g/mol. The van der Waals surface area contributed by atoms with E-state index in [9.17, 15) is 47.9 Å². The van der Waals surface area contributed by atoms with Gasteiger partial charge in [0.15, 0.2) is 0 Å². The number of hydrogen-bond donors (Lipinski definition) is 7. The summed E-state index contributed by atoms with van der Waals surface area (Å²) in [6.45, 7) is 22.0. The lowest BCUT2D eigenvalue weighted by atomic mass is 9.98. The summed E-state index contributed by atoms with van der Waals surface area (Å²) in [6.07, 6.45) is 4.67. The number of ether oxygens (including phenoxy) is 3. The van der Waals surface area contributed by atoms with Gasteiger partial charge in [-0.2, -0.15) is 0 Å². The second kappa shape index (κ2) is 34.2. The fourth-order valence-electron chi connectivity index (χ4n) is 8.35. The number of amides is 7. The van der Waals surface area contributed by atoms with Crippen molar-refractivity contribution in [2.24, 2.45) is 35.5 Å². The van der Waals surface area contributed by atoms with Crippen molar-refractivity contribution in [2.75, 3.05) is 14.2 Å². The molecule has 7 amide bonds. The Morgan fingerprint density at radius 2 is 0.877 bits per heavy atom. The van der Waals surface area contributed by atoms with E-state index in [2.05, 4.69) is 51.1 Å². The van der Waals surface area contributed by atoms with Crippen molar-refractivity contribution in [3.05, 3.63) is 0 Å². The van der Waals surface area contributed by atoms with Gasteiger partial charge in [0.2, 0.25) is 41.4 Å². The smallest absolute Gasteiger partial charge is 0.329 e. The molecule has 1 aliphatic rings. The molecule has 1 rings (SSSR count). The maximum atomic E-state index is 14.2. The highest BCUT2D eigenvalue weighted by atomic mass is 16.5. The van der Waals surface area contributed by atoms with Gasteiger partial charge in [-0.3, -0.25) is 43.2 Å². The number of esters is 3. The number of rotatable bonds is 22. The number of cyclic esters (lactones) is 1. The van der Waals surface area contributed by atoms with Gasteiger partial charge in [0.05, 0.1) is 27.1 Å². The van der Waals surface area contributed by atoms with Crippen LogP contribution < -0.4 is 37.2 Å². The van der Waals surface area contributed by atoms with E-state index < -0.39 is 126 Å². The molecule has 2 unspecified atom stereocenters. The largest absolute Gasteiger partial charge is 0.469 e. The minimum atomic E-state index is -1.59. The molecule has 20 heteroatoms. The van der Waals surface area contributed by atoms with Crippen LogP contribution >= 0.6 is 0 Å². The van der Waals surface area contributed by atoms with Gasteiger partial charge in [0.25, 0.3) is 0 Å². The summed E-state index contributed by atoms with van der Waals surface area (Å²) in [4.78, 5) is 138.